The summed E-state index contributed by atoms with van der Waals surface area (Å²) in [6.45, 7) is 4.09. The predicted molar refractivity (Wildman–Crippen MR) is 99.2 cm³/mol. The number of ether oxygens (including phenoxy) is 1. The minimum Gasteiger partial charge on any atom is -0.377 e. The van der Waals surface area contributed by atoms with E-state index < -0.39 is 0 Å². The van der Waals surface area contributed by atoms with Crippen LogP contribution in [0, 0.1) is 6.92 Å². The highest BCUT2D eigenvalue weighted by Crippen LogP contribution is 2.20. The van der Waals surface area contributed by atoms with Crippen molar-refractivity contribution in [3.05, 3.63) is 65.2 Å². The number of unbranched alkanes of at least 4 members (excludes halogenated alkanes) is 1. The fourth-order valence-electron chi connectivity index (χ4n) is 2.60. The Bertz CT molecular complexity index is 649. The minimum atomic E-state index is 0.0244. The van der Waals surface area contributed by atoms with E-state index in [-0.39, 0.29) is 12.0 Å². The van der Waals surface area contributed by atoms with Gasteiger partial charge in [-0.2, -0.15) is 0 Å². The van der Waals surface area contributed by atoms with Crippen molar-refractivity contribution >= 4 is 11.6 Å². The van der Waals surface area contributed by atoms with Gasteiger partial charge in [0.2, 0.25) is 5.91 Å². The molecule has 3 heteroatoms. The number of rotatable bonds is 8. The van der Waals surface area contributed by atoms with Gasteiger partial charge in [-0.15, -0.1) is 0 Å². The number of amides is 1. The molecule has 0 aliphatic heterocycles. The largest absolute Gasteiger partial charge is 0.377 e. The second-order valence-corrected chi connectivity index (χ2v) is 6.24. The molecule has 1 N–H and O–H groups in total. The van der Waals surface area contributed by atoms with Crippen LogP contribution < -0.4 is 5.32 Å². The number of carbonyl (C=O) groups is 1. The molecule has 128 valence electrons. The van der Waals surface area contributed by atoms with Gasteiger partial charge in [0.1, 0.15) is 0 Å². The van der Waals surface area contributed by atoms with E-state index >= 15 is 0 Å². The third-order valence-electron chi connectivity index (χ3n) is 4.23. The number of hydrogen-bond donors (Lipinski definition) is 1. The highest BCUT2D eigenvalue weighted by molar-refractivity contribution is 5.90. The first-order valence-electron chi connectivity index (χ1n) is 8.56. The molecule has 0 aliphatic rings. The molecule has 0 bridgehead atoms. The third kappa shape index (κ3) is 5.82. The Morgan fingerprint density at radius 1 is 1.12 bits per heavy atom. The molecule has 0 saturated carbocycles. The summed E-state index contributed by atoms with van der Waals surface area (Å²) in [5, 5.41) is 2.97. The van der Waals surface area contributed by atoms with Crippen molar-refractivity contribution in [1.82, 2.24) is 0 Å². The summed E-state index contributed by atoms with van der Waals surface area (Å²) < 4.78 is 5.31. The Kier molecular flexibility index (Phi) is 7.01. The van der Waals surface area contributed by atoms with E-state index in [0.717, 1.165) is 30.5 Å². The lowest BCUT2D eigenvalue weighted by molar-refractivity contribution is -0.116. The monoisotopic (exact) mass is 325 g/mol. The summed E-state index contributed by atoms with van der Waals surface area (Å²) in [7, 11) is 1.68. The van der Waals surface area contributed by atoms with Crippen molar-refractivity contribution in [3.8, 4) is 0 Å². The maximum absolute atomic E-state index is 12.1. The molecular formula is C21H27NO2. The molecule has 1 atom stereocenters. The molecule has 0 heterocycles. The van der Waals surface area contributed by atoms with Crippen molar-refractivity contribution < 1.29 is 9.53 Å². The van der Waals surface area contributed by atoms with Gasteiger partial charge in [0, 0.05) is 19.2 Å². The number of aryl methyl sites for hydroxylation is 2. The van der Waals surface area contributed by atoms with Crippen LogP contribution in [0.2, 0.25) is 0 Å². The first-order chi connectivity index (χ1) is 11.6. The third-order valence-corrected chi connectivity index (χ3v) is 4.23. The number of hydrogen-bond acceptors (Lipinski definition) is 2. The minimum absolute atomic E-state index is 0.0244. The number of nitrogens with one attached hydrogen (secondary N) is 1. The smallest absolute Gasteiger partial charge is 0.224 e. The van der Waals surface area contributed by atoms with Gasteiger partial charge in [0.05, 0.1) is 6.10 Å². The van der Waals surface area contributed by atoms with E-state index in [2.05, 4.69) is 36.5 Å². The molecule has 2 aromatic rings. The standard InChI is InChI=1S/C21H27NO2/c1-16-11-13-18(14-12-16)7-4-5-10-21(23)22-20-9-6-8-19(15-20)17(2)24-3/h6,8-9,11-15,17H,4-5,7,10H2,1-3H3,(H,22,23). The Morgan fingerprint density at radius 2 is 1.88 bits per heavy atom. The van der Waals surface area contributed by atoms with Crippen molar-refractivity contribution in [2.45, 2.75) is 45.6 Å². The van der Waals surface area contributed by atoms with Crippen molar-refractivity contribution in [2.75, 3.05) is 12.4 Å². The van der Waals surface area contributed by atoms with Gasteiger partial charge in [0.25, 0.3) is 0 Å². The number of methoxy groups -OCH3 is 1. The van der Waals surface area contributed by atoms with Crippen LogP contribution in [0.4, 0.5) is 5.69 Å². The lowest BCUT2D eigenvalue weighted by Gasteiger charge is -2.12. The molecule has 24 heavy (non-hydrogen) atoms. The van der Waals surface area contributed by atoms with Crippen LogP contribution in [0.5, 0.6) is 0 Å². The van der Waals surface area contributed by atoms with Crippen molar-refractivity contribution in [3.63, 3.8) is 0 Å². The Balaban J connectivity index is 1.74. The molecule has 0 aliphatic carbocycles. The maximum Gasteiger partial charge on any atom is 0.224 e. The highest BCUT2D eigenvalue weighted by atomic mass is 16.5. The number of benzene rings is 2. The summed E-state index contributed by atoms with van der Waals surface area (Å²) >= 11 is 0. The Labute approximate surface area is 145 Å². The van der Waals surface area contributed by atoms with Crippen LogP contribution in [-0.2, 0) is 16.0 Å². The normalized spacial score (nSPS) is 12.0. The number of anilines is 1. The second-order valence-electron chi connectivity index (χ2n) is 6.24. The molecule has 2 rings (SSSR count). The predicted octanol–water partition coefficient (Wildman–Crippen LogP) is 5.05. The van der Waals surface area contributed by atoms with Gasteiger partial charge in [-0.25, -0.2) is 0 Å². The molecule has 1 unspecified atom stereocenters. The first-order valence-corrected chi connectivity index (χ1v) is 8.56. The summed E-state index contributed by atoms with van der Waals surface area (Å²) in [6, 6.07) is 16.4. The van der Waals surface area contributed by atoms with Crippen molar-refractivity contribution in [2.24, 2.45) is 0 Å². The quantitative estimate of drug-likeness (QED) is 0.689. The van der Waals surface area contributed by atoms with Crippen LogP contribution in [0.3, 0.4) is 0 Å². The van der Waals surface area contributed by atoms with Crippen molar-refractivity contribution in [1.29, 1.82) is 0 Å². The topological polar surface area (TPSA) is 38.3 Å². The molecule has 0 aromatic heterocycles. The lowest BCUT2D eigenvalue weighted by Crippen LogP contribution is -2.11. The van der Waals surface area contributed by atoms with E-state index in [9.17, 15) is 4.79 Å². The molecule has 0 spiro atoms. The zero-order valence-electron chi connectivity index (χ0n) is 14.8. The molecule has 3 nitrogen and oxygen atoms in total. The van der Waals surface area contributed by atoms with Crippen LogP contribution in [0.1, 0.15) is 49.0 Å². The SMILES string of the molecule is COC(C)c1cccc(NC(=O)CCCCc2ccc(C)cc2)c1. The summed E-state index contributed by atoms with van der Waals surface area (Å²) in [5.74, 6) is 0.0705. The Hall–Kier alpha value is -2.13. The van der Waals surface area contributed by atoms with Gasteiger partial charge >= 0.3 is 0 Å². The lowest BCUT2D eigenvalue weighted by atomic mass is 10.1. The fraction of sp³-hybridized carbons (Fsp3) is 0.381. The molecule has 1 amide bonds. The fourth-order valence-corrected chi connectivity index (χ4v) is 2.60. The average molecular weight is 325 g/mol. The average Bonchev–Trinajstić information content (AvgIpc) is 2.60. The summed E-state index contributed by atoms with van der Waals surface area (Å²) in [5.41, 5.74) is 4.51. The van der Waals surface area contributed by atoms with Gasteiger partial charge in [-0.3, -0.25) is 4.79 Å². The van der Waals surface area contributed by atoms with Gasteiger partial charge in [-0.05, 0) is 56.4 Å². The highest BCUT2D eigenvalue weighted by Gasteiger charge is 2.06. The molecular weight excluding hydrogens is 298 g/mol. The summed E-state index contributed by atoms with van der Waals surface area (Å²) in [6.07, 6.45) is 3.52. The second kappa shape index (κ2) is 9.24. The molecule has 0 fully saturated rings. The molecule has 0 saturated heterocycles. The van der Waals surface area contributed by atoms with Crippen LogP contribution >= 0.6 is 0 Å². The van der Waals surface area contributed by atoms with Crippen LogP contribution in [0.15, 0.2) is 48.5 Å². The van der Waals surface area contributed by atoms with Gasteiger partial charge in [0.15, 0.2) is 0 Å². The number of carbonyl (C=O) groups excluding carboxylic acids is 1. The van der Waals surface area contributed by atoms with E-state index in [0.29, 0.717) is 6.42 Å². The zero-order chi connectivity index (χ0) is 17.4. The van der Waals surface area contributed by atoms with Crippen LogP contribution in [-0.4, -0.2) is 13.0 Å². The van der Waals surface area contributed by atoms with E-state index in [1.807, 2.05) is 31.2 Å². The first kappa shape index (κ1) is 18.2. The molecule has 0 radical (unpaired) electrons. The summed E-state index contributed by atoms with van der Waals surface area (Å²) in [4.78, 5) is 12.1. The van der Waals surface area contributed by atoms with E-state index in [1.165, 1.54) is 11.1 Å². The Morgan fingerprint density at radius 3 is 2.58 bits per heavy atom. The van der Waals surface area contributed by atoms with Gasteiger partial charge in [-0.1, -0.05) is 42.0 Å². The molecule has 2 aromatic carbocycles. The zero-order valence-corrected chi connectivity index (χ0v) is 14.8. The van der Waals surface area contributed by atoms with E-state index in [1.54, 1.807) is 7.11 Å². The maximum atomic E-state index is 12.1. The van der Waals surface area contributed by atoms with Gasteiger partial charge < -0.3 is 10.1 Å². The van der Waals surface area contributed by atoms with E-state index in [4.69, 9.17) is 4.74 Å². The van der Waals surface area contributed by atoms with Crippen LogP contribution in [0.25, 0.3) is 0 Å².